The minimum atomic E-state index is -3.77. The summed E-state index contributed by atoms with van der Waals surface area (Å²) in [6.45, 7) is 2.25. The van der Waals surface area contributed by atoms with Crippen LogP contribution in [0.4, 0.5) is 17.6 Å². The van der Waals surface area contributed by atoms with Crippen LogP contribution in [0, 0.1) is 0 Å². The predicted molar refractivity (Wildman–Crippen MR) is 29.7 cm³/mol. The van der Waals surface area contributed by atoms with Crippen molar-refractivity contribution in [2.45, 2.75) is 12.1 Å². The van der Waals surface area contributed by atoms with E-state index in [0.717, 1.165) is 13.3 Å². The molecule has 0 aromatic rings. The molecule has 0 aromatic carbocycles. The smallest absolute Gasteiger partial charge is 0.203 e. The lowest BCUT2D eigenvalue weighted by molar-refractivity contribution is -0.0609. The molecular weight excluding hydrogens is 155 g/mol. The van der Waals surface area contributed by atoms with E-state index in [1.807, 2.05) is 0 Å². The van der Waals surface area contributed by atoms with Gasteiger partial charge in [0.05, 0.1) is 0 Å². The number of alkyl halides is 4. The van der Waals surface area contributed by atoms with Crippen molar-refractivity contribution in [1.29, 1.82) is 0 Å². The molecule has 0 saturated carbocycles. The maximum Gasteiger partial charge on any atom is 0.322 e. The fourth-order valence-electron chi connectivity index (χ4n) is 0.195. The minimum Gasteiger partial charge on any atom is -0.203 e. The number of hydrogen-bond donors (Lipinski definition) is 0. The van der Waals surface area contributed by atoms with Crippen LogP contribution in [0.2, 0.25) is 0 Å². The Bertz CT molecular complexity index is 80.6. The molecule has 5 heteroatoms. The quantitative estimate of drug-likeness (QED) is 0.432. The Balaban J connectivity index is 4.01. The van der Waals surface area contributed by atoms with Crippen LogP contribution < -0.4 is 0 Å². The van der Waals surface area contributed by atoms with Crippen molar-refractivity contribution in [1.82, 2.24) is 0 Å². The molecule has 0 saturated heterocycles. The third kappa shape index (κ3) is 2.09. The number of halogens is 4. The number of rotatable bonds is 2. The molecule has 0 heterocycles. The zero-order valence-corrected chi connectivity index (χ0v) is 5.93. The largest absolute Gasteiger partial charge is 0.322 e. The number of hydrogen-bond acceptors (Lipinski definition) is 0. The first-order valence-corrected chi connectivity index (χ1v) is 4.46. The van der Waals surface area contributed by atoms with Crippen LogP contribution in [0.1, 0.15) is 0 Å². The molecular formula is C4H7F4P. The molecule has 0 N–H and O–H groups in total. The van der Waals surface area contributed by atoms with E-state index in [1.54, 1.807) is 0 Å². The van der Waals surface area contributed by atoms with Gasteiger partial charge in [-0.15, -0.1) is 0 Å². The summed E-state index contributed by atoms with van der Waals surface area (Å²) in [7, 11) is -1.87. The molecule has 0 amide bonds. The second-order valence-corrected chi connectivity index (χ2v) is 4.17. The molecule has 0 rings (SSSR count). The molecule has 0 aliphatic heterocycles. The van der Waals surface area contributed by atoms with E-state index >= 15 is 0 Å². The average Bonchev–Trinajstić information content (AvgIpc) is 1.65. The van der Waals surface area contributed by atoms with Gasteiger partial charge in [-0.05, 0) is 21.3 Å². The average molecular weight is 162 g/mol. The second-order valence-electron chi connectivity index (χ2n) is 1.78. The summed E-state index contributed by atoms with van der Waals surface area (Å²) in [6.07, 6.45) is -3.52. The summed E-state index contributed by atoms with van der Waals surface area (Å²) in [5.74, 6) is 0. The summed E-state index contributed by atoms with van der Waals surface area (Å²) in [5.41, 5.74) is -3.77. The standard InChI is InChI=1S/C4H7F4P/c1-9(2)4(7,8)3(5)6/h3H,1-2H3. The summed E-state index contributed by atoms with van der Waals surface area (Å²) >= 11 is 0. The van der Waals surface area contributed by atoms with Gasteiger partial charge in [0.1, 0.15) is 0 Å². The van der Waals surface area contributed by atoms with Crippen LogP contribution in [0.15, 0.2) is 0 Å². The van der Waals surface area contributed by atoms with Crippen molar-refractivity contribution in [3.05, 3.63) is 0 Å². The monoisotopic (exact) mass is 162 g/mol. The second kappa shape index (κ2) is 2.82. The van der Waals surface area contributed by atoms with E-state index in [-0.39, 0.29) is 0 Å². The lowest BCUT2D eigenvalue weighted by Crippen LogP contribution is -2.23. The molecule has 0 unspecified atom stereocenters. The van der Waals surface area contributed by atoms with E-state index in [4.69, 9.17) is 0 Å². The highest BCUT2D eigenvalue weighted by molar-refractivity contribution is 7.57. The van der Waals surface area contributed by atoms with Gasteiger partial charge in [-0.2, -0.15) is 8.78 Å². The van der Waals surface area contributed by atoms with Gasteiger partial charge in [0, 0.05) is 0 Å². The first kappa shape index (κ1) is 9.15. The van der Waals surface area contributed by atoms with Crippen LogP contribution >= 0.6 is 7.92 Å². The Labute approximate surface area is 52.0 Å². The first-order chi connectivity index (χ1) is 3.89. The summed E-state index contributed by atoms with van der Waals surface area (Å²) in [4.78, 5) is 0. The molecule has 0 fully saturated rings. The van der Waals surface area contributed by atoms with E-state index < -0.39 is 20.0 Å². The SMILES string of the molecule is CP(C)C(F)(F)C(F)F. The van der Waals surface area contributed by atoms with Crippen molar-refractivity contribution in [2.75, 3.05) is 13.3 Å². The fraction of sp³-hybridized carbons (Fsp3) is 1.00. The third-order valence-corrected chi connectivity index (χ3v) is 2.25. The van der Waals surface area contributed by atoms with Crippen LogP contribution in [0.5, 0.6) is 0 Å². The predicted octanol–water partition coefficient (Wildman–Crippen LogP) is 2.59. The normalized spacial score (nSPS) is 13.3. The van der Waals surface area contributed by atoms with E-state index in [2.05, 4.69) is 0 Å². The van der Waals surface area contributed by atoms with Crippen molar-refractivity contribution < 1.29 is 17.6 Å². The van der Waals surface area contributed by atoms with Crippen molar-refractivity contribution >= 4 is 7.92 Å². The third-order valence-electron chi connectivity index (χ3n) is 0.859. The maximum atomic E-state index is 11.9. The highest BCUT2D eigenvalue weighted by Gasteiger charge is 2.43. The minimum absolute atomic E-state index is 1.13. The summed E-state index contributed by atoms with van der Waals surface area (Å²) < 4.78 is 46.6. The van der Waals surface area contributed by atoms with Crippen LogP contribution in [0.3, 0.4) is 0 Å². The zero-order chi connectivity index (χ0) is 7.65. The van der Waals surface area contributed by atoms with Gasteiger partial charge in [-0.1, -0.05) is 0 Å². The first-order valence-electron chi connectivity index (χ1n) is 2.22. The Morgan fingerprint density at radius 1 is 1.22 bits per heavy atom. The lowest BCUT2D eigenvalue weighted by Gasteiger charge is -2.18. The lowest BCUT2D eigenvalue weighted by atomic mass is 10.7. The Kier molecular flexibility index (Phi) is 2.87. The van der Waals surface area contributed by atoms with Gasteiger partial charge in [0.2, 0.25) is 0 Å². The van der Waals surface area contributed by atoms with Gasteiger partial charge in [0.15, 0.2) is 0 Å². The van der Waals surface area contributed by atoms with Gasteiger partial charge in [0.25, 0.3) is 0 Å². The van der Waals surface area contributed by atoms with Gasteiger partial charge in [-0.3, -0.25) is 0 Å². The van der Waals surface area contributed by atoms with Crippen LogP contribution in [-0.2, 0) is 0 Å². The Morgan fingerprint density at radius 3 is 1.56 bits per heavy atom. The van der Waals surface area contributed by atoms with Crippen LogP contribution in [-0.4, -0.2) is 25.4 Å². The summed E-state index contributed by atoms with van der Waals surface area (Å²) in [5, 5.41) is 0. The Morgan fingerprint density at radius 2 is 1.56 bits per heavy atom. The van der Waals surface area contributed by atoms with E-state index in [1.165, 1.54) is 0 Å². The van der Waals surface area contributed by atoms with E-state index in [0.29, 0.717) is 0 Å². The molecule has 0 nitrogen and oxygen atoms in total. The molecule has 9 heavy (non-hydrogen) atoms. The molecule has 0 bridgehead atoms. The van der Waals surface area contributed by atoms with Crippen LogP contribution in [0.25, 0.3) is 0 Å². The molecule has 0 aliphatic rings. The molecule has 0 spiro atoms. The molecule has 0 radical (unpaired) electrons. The van der Waals surface area contributed by atoms with Crippen molar-refractivity contribution in [3.8, 4) is 0 Å². The molecule has 0 aliphatic carbocycles. The maximum absolute atomic E-state index is 11.9. The molecule has 0 atom stereocenters. The highest BCUT2D eigenvalue weighted by atomic mass is 31.1. The zero-order valence-electron chi connectivity index (χ0n) is 5.04. The van der Waals surface area contributed by atoms with E-state index in [9.17, 15) is 17.6 Å². The van der Waals surface area contributed by atoms with Crippen molar-refractivity contribution in [3.63, 3.8) is 0 Å². The topological polar surface area (TPSA) is 0 Å². The molecule has 56 valence electrons. The fourth-order valence-corrected chi connectivity index (χ4v) is 0.586. The van der Waals surface area contributed by atoms with Gasteiger partial charge in [-0.25, -0.2) is 8.78 Å². The Hall–Kier alpha value is 0.150. The highest BCUT2D eigenvalue weighted by Crippen LogP contribution is 2.49. The van der Waals surface area contributed by atoms with Gasteiger partial charge < -0.3 is 0 Å². The summed E-state index contributed by atoms with van der Waals surface area (Å²) in [6, 6.07) is 0. The van der Waals surface area contributed by atoms with Gasteiger partial charge >= 0.3 is 12.1 Å². The van der Waals surface area contributed by atoms with Crippen molar-refractivity contribution in [2.24, 2.45) is 0 Å². The molecule has 0 aromatic heterocycles.